The van der Waals surface area contributed by atoms with Crippen LogP contribution in [0.15, 0.2) is 71.3 Å². The molecule has 5 rings (SSSR count). The molecule has 7 heteroatoms. The maximum atomic E-state index is 13.0. The van der Waals surface area contributed by atoms with Gasteiger partial charge in [0.25, 0.3) is 0 Å². The van der Waals surface area contributed by atoms with Gasteiger partial charge in [-0.1, -0.05) is 59.8 Å². The molecule has 0 aliphatic heterocycles. The third-order valence-corrected chi connectivity index (χ3v) is 6.15. The van der Waals surface area contributed by atoms with E-state index in [4.69, 9.17) is 4.52 Å². The van der Waals surface area contributed by atoms with Gasteiger partial charge in [0.1, 0.15) is 0 Å². The Balaban J connectivity index is 1.23. The molecule has 0 bridgehead atoms. The lowest BCUT2D eigenvalue weighted by atomic mass is 9.79. The molecular formula is C25H22F3N3O. The molecule has 1 aliphatic rings. The highest BCUT2D eigenvalue weighted by Gasteiger charge is 2.35. The van der Waals surface area contributed by atoms with E-state index in [0.717, 1.165) is 25.0 Å². The highest BCUT2D eigenvalue weighted by molar-refractivity contribution is 5.86. The number of benzene rings is 3. The molecule has 1 unspecified atom stereocenters. The number of nitrogens with zero attached hydrogens (tertiary/aromatic N) is 2. The third-order valence-electron chi connectivity index (χ3n) is 6.15. The number of hydrogen-bond donors (Lipinski definition) is 1. The number of aromatic nitrogens is 2. The van der Waals surface area contributed by atoms with Crippen molar-refractivity contribution in [2.75, 3.05) is 0 Å². The van der Waals surface area contributed by atoms with E-state index < -0.39 is 11.7 Å². The van der Waals surface area contributed by atoms with Gasteiger partial charge in [0.05, 0.1) is 5.56 Å². The Bertz CT molecular complexity index is 1240. The molecule has 4 aromatic rings. The number of hydrogen-bond acceptors (Lipinski definition) is 4. The Morgan fingerprint density at radius 1 is 1.00 bits per heavy atom. The van der Waals surface area contributed by atoms with Crippen molar-refractivity contribution in [3.05, 3.63) is 83.7 Å². The van der Waals surface area contributed by atoms with Gasteiger partial charge in [-0.15, -0.1) is 0 Å². The van der Waals surface area contributed by atoms with E-state index in [1.165, 1.54) is 22.4 Å². The first-order valence-corrected chi connectivity index (χ1v) is 10.6. The molecule has 1 atom stereocenters. The Morgan fingerprint density at radius 2 is 1.75 bits per heavy atom. The average Bonchev–Trinajstić information content (AvgIpc) is 3.24. The first-order valence-electron chi connectivity index (χ1n) is 10.6. The zero-order valence-electron chi connectivity index (χ0n) is 17.4. The van der Waals surface area contributed by atoms with Gasteiger partial charge < -0.3 is 9.84 Å². The second-order valence-electron chi connectivity index (χ2n) is 8.36. The number of rotatable bonds is 5. The Hall–Kier alpha value is -3.19. The van der Waals surface area contributed by atoms with Crippen LogP contribution in [0.4, 0.5) is 13.2 Å². The fourth-order valence-electron chi connectivity index (χ4n) is 4.38. The van der Waals surface area contributed by atoms with Crippen LogP contribution in [0.5, 0.6) is 0 Å². The summed E-state index contributed by atoms with van der Waals surface area (Å²) in [7, 11) is 0. The fourth-order valence-corrected chi connectivity index (χ4v) is 4.38. The van der Waals surface area contributed by atoms with E-state index in [2.05, 4.69) is 58.8 Å². The fraction of sp³-hybridized carbons (Fsp3) is 0.280. The van der Waals surface area contributed by atoms with Crippen LogP contribution in [0.1, 0.15) is 48.7 Å². The van der Waals surface area contributed by atoms with Crippen LogP contribution in [0.3, 0.4) is 0 Å². The monoisotopic (exact) mass is 437 g/mol. The van der Waals surface area contributed by atoms with Crippen molar-refractivity contribution in [3.63, 3.8) is 0 Å². The van der Waals surface area contributed by atoms with E-state index in [0.29, 0.717) is 17.5 Å². The molecule has 3 aromatic carbocycles. The predicted molar refractivity (Wildman–Crippen MR) is 116 cm³/mol. The van der Waals surface area contributed by atoms with Gasteiger partial charge in [0, 0.05) is 23.6 Å². The van der Waals surface area contributed by atoms with Crippen LogP contribution in [0.25, 0.3) is 22.2 Å². The standard InChI is InChI=1S/C25H22F3N3O/c1-15(21-11-5-7-16-6-2-3-10-22(16)21)29-20-13-18(14-20)24-30-23(31-32-24)17-8-4-9-19(12-17)25(26,27)28/h2-12,15,18,20,29H,13-14H2,1H3. The molecule has 1 heterocycles. The number of nitrogens with one attached hydrogen (secondary N) is 1. The van der Waals surface area contributed by atoms with E-state index in [1.807, 2.05) is 6.07 Å². The molecule has 1 N–H and O–H groups in total. The van der Waals surface area contributed by atoms with Crippen LogP contribution in [-0.4, -0.2) is 16.2 Å². The van der Waals surface area contributed by atoms with Crippen molar-refractivity contribution in [2.24, 2.45) is 0 Å². The first-order chi connectivity index (χ1) is 15.4. The zero-order chi connectivity index (χ0) is 22.3. The van der Waals surface area contributed by atoms with E-state index in [9.17, 15) is 13.2 Å². The number of alkyl halides is 3. The summed E-state index contributed by atoms with van der Waals surface area (Å²) in [6.45, 7) is 2.16. The smallest absolute Gasteiger partial charge is 0.339 e. The lowest BCUT2D eigenvalue weighted by molar-refractivity contribution is -0.137. The summed E-state index contributed by atoms with van der Waals surface area (Å²) in [6.07, 6.45) is -2.71. The van der Waals surface area contributed by atoms with E-state index >= 15 is 0 Å². The summed E-state index contributed by atoms with van der Waals surface area (Å²) in [6, 6.07) is 20.2. The minimum absolute atomic E-state index is 0.110. The largest absolute Gasteiger partial charge is 0.416 e. The van der Waals surface area contributed by atoms with Crippen molar-refractivity contribution < 1.29 is 17.7 Å². The normalized spacial score (nSPS) is 19.6. The molecule has 4 nitrogen and oxygen atoms in total. The predicted octanol–water partition coefficient (Wildman–Crippen LogP) is 6.51. The highest BCUT2D eigenvalue weighted by Crippen LogP contribution is 2.39. The van der Waals surface area contributed by atoms with Crippen molar-refractivity contribution >= 4 is 10.8 Å². The van der Waals surface area contributed by atoms with Crippen molar-refractivity contribution in [2.45, 2.75) is 43.9 Å². The maximum absolute atomic E-state index is 13.0. The quantitative estimate of drug-likeness (QED) is 0.387. The molecule has 0 radical (unpaired) electrons. The molecule has 0 amide bonds. The summed E-state index contributed by atoms with van der Waals surface area (Å²) in [5.41, 5.74) is 0.834. The van der Waals surface area contributed by atoms with Crippen LogP contribution in [0, 0.1) is 0 Å². The molecule has 32 heavy (non-hydrogen) atoms. The van der Waals surface area contributed by atoms with Crippen molar-refractivity contribution in [3.8, 4) is 11.4 Å². The van der Waals surface area contributed by atoms with Crippen LogP contribution in [0.2, 0.25) is 0 Å². The summed E-state index contributed by atoms with van der Waals surface area (Å²) >= 11 is 0. The molecular weight excluding hydrogens is 415 g/mol. The van der Waals surface area contributed by atoms with Gasteiger partial charge >= 0.3 is 6.18 Å². The Morgan fingerprint density at radius 3 is 2.56 bits per heavy atom. The minimum atomic E-state index is -4.41. The molecule has 1 fully saturated rings. The molecule has 0 saturated heterocycles. The Labute approximate surface area is 183 Å². The summed E-state index contributed by atoms with van der Waals surface area (Å²) < 4.78 is 44.3. The summed E-state index contributed by atoms with van der Waals surface area (Å²) in [4.78, 5) is 4.37. The third kappa shape index (κ3) is 4.00. The minimum Gasteiger partial charge on any atom is -0.339 e. The number of halogens is 3. The summed E-state index contributed by atoms with van der Waals surface area (Å²) in [5, 5.41) is 10.0. The van der Waals surface area contributed by atoms with Gasteiger partial charge in [0.2, 0.25) is 11.7 Å². The molecule has 0 spiro atoms. The SMILES string of the molecule is CC(NC1CC(c2nc(-c3cccc(C(F)(F)F)c3)no2)C1)c1cccc2ccccc12. The summed E-state index contributed by atoms with van der Waals surface area (Å²) in [5.74, 6) is 0.777. The van der Waals surface area contributed by atoms with Crippen molar-refractivity contribution in [1.29, 1.82) is 0 Å². The lowest BCUT2D eigenvalue weighted by Gasteiger charge is -2.36. The van der Waals surface area contributed by atoms with E-state index in [1.54, 1.807) is 6.07 Å². The lowest BCUT2D eigenvalue weighted by Crippen LogP contribution is -2.41. The second kappa shape index (κ2) is 8.06. The molecule has 1 aliphatic carbocycles. The highest BCUT2D eigenvalue weighted by atomic mass is 19.4. The van der Waals surface area contributed by atoms with Gasteiger partial charge in [-0.05, 0) is 48.2 Å². The first kappa shape index (κ1) is 20.7. The second-order valence-corrected chi connectivity index (χ2v) is 8.36. The number of fused-ring (bicyclic) bond motifs is 1. The van der Waals surface area contributed by atoms with Gasteiger partial charge in [-0.2, -0.15) is 18.2 Å². The van der Waals surface area contributed by atoms with Gasteiger partial charge in [0.15, 0.2) is 0 Å². The topological polar surface area (TPSA) is 51.0 Å². The van der Waals surface area contributed by atoms with Crippen LogP contribution in [-0.2, 0) is 6.18 Å². The average molecular weight is 437 g/mol. The molecule has 164 valence electrons. The maximum Gasteiger partial charge on any atom is 0.416 e. The Kier molecular flexibility index (Phi) is 5.21. The van der Waals surface area contributed by atoms with E-state index in [-0.39, 0.29) is 17.8 Å². The van der Waals surface area contributed by atoms with Gasteiger partial charge in [-0.25, -0.2) is 0 Å². The van der Waals surface area contributed by atoms with Crippen LogP contribution >= 0.6 is 0 Å². The van der Waals surface area contributed by atoms with Crippen LogP contribution < -0.4 is 5.32 Å². The molecule has 1 aromatic heterocycles. The van der Waals surface area contributed by atoms with Gasteiger partial charge in [-0.3, -0.25) is 0 Å². The zero-order valence-corrected chi connectivity index (χ0v) is 17.4. The molecule has 1 saturated carbocycles. The van der Waals surface area contributed by atoms with Crippen molar-refractivity contribution in [1.82, 2.24) is 15.5 Å².